The van der Waals surface area contributed by atoms with E-state index in [1.165, 1.54) is 24.1 Å². The van der Waals surface area contributed by atoms with Gasteiger partial charge in [0.25, 0.3) is 0 Å². The fraction of sp³-hybridized carbons (Fsp3) is 0.423. The van der Waals surface area contributed by atoms with E-state index in [0.717, 1.165) is 24.1 Å². The molecule has 0 spiro atoms. The van der Waals surface area contributed by atoms with Crippen LogP contribution in [0, 0.1) is 0 Å². The second-order valence-electron chi connectivity index (χ2n) is 7.86. The predicted molar refractivity (Wildman–Crippen MR) is 131 cm³/mol. The molecule has 6 nitrogen and oxygen atoms in total. The van der Waals surface area contributed by atoms with E-state index < -0.39 is 17.4 Å². The summed E-state index contributed by atoms with van der Waals surface area (Å²) >= 11 is 1.63. The quantitative estimate of drug-likeness (QED) is 0.230. The topological polar surface area (TPSA) is 93.8 Å². The van der Waals surface area contributed by atoms with Crippen LogP contribution >= 0.6 is 11.3 Å². The van der Waals surface area contributed by atoms with Gasteiger partial charge in [-0.2, -0.15) is 0 Å². The number of esters is 1. The molecule has 178 valence electrons. The Bertz CT molecular complexity index is 1070. The number of rotatable bonds is 12. The second kappa shape index (κ2) is 12.9. The molecule has 1 atom stereocenters. The molecule has 0 amide bonds. The number of unbranched alkanes of at least 4 members (excludes halogenated alkanes) is 1. The summed E-state index contributed by atoms with van der Waals surface area (Å²) in [5.41, 5.74) is -0.747. The van der Waals surface area contributed by atoms with Gasteiger partial charge in [0.2, 0.25) is 0 Å². The summed E-state index contributed by atoms with van der Waals surface area (Å²) in [6.45, 7) is 5.83. The van der Waals surface area contributed by atoms with Crippen LogP contribution in [0.4, 0.5) is 0 Å². The molecule has 0 aromatic carbocycles. The number of hydrogen-bond donors (Lipinski definition) is 1. The zero-order valence-electron chi connectivity index (χ0n) is 19.7. The normalized spacial score (nSPS) is 12.8. The number of methoxy groups -OCH3 is 1. The standard InChI is InChI=1S/C26H32O6S/c1-5-7-11-19-13-14-20(33-19)15-18(6-2)25(29)24-21(27)16-22(32-26(24)30)17(3)10-8-9-12-23(28)31-4/h9,12-17,27H,5-8,10-11H2,1-4H3/b12-9+,18-15?. The summed E-state index contributed by atoms with van der Waals surface area (Å²) in [7, 11) is 1.31. The van der Waals surface area contributed by atoms with Gasteiger partial charge >= 0.3 is 11.6 Å². The fourth-order valence-electron chi connectivity index (χ4n) is 3.30. The third kappa shape index (κ3) is 7.56. The van der Waals surface area contributed by atoms with Crippen LogP contribution in [0.5, 0.6) is 5.75 Å². The van der Waals surface area contributed by atoms with E-state index in [1.54, 1.807) is 23.5 Å². The minimum atomic E-state index is -0.846. The number of ketones is 1. The lowest BCUT2D eigenvalue weighted by Gasteiger charge is -2.11. The van der Waals surface area contributed by atoms with Gasteiger partial charge in [-0.15, -0.1) is 11.3 Å². The van der Waals surface area contributed by atoms with Crippen molar-refractivity contribution in [2.75, 3.05) is 7.11 Å². The Morgan fingerprint density at radius 1 is 1.27 bits per heavy atom. The molecule has 0 saturated carbocycles. The molecule has 0 radical (unpaired) electrons. The summed E-state index contributed by atoms with van der Waals surface area (Å²) in [5, 5.41) is 10.5. The number of allylic oxidation sites excluding steroid dienone is 2. The summed E-state index contributed by atoms with van der Waals surface area (Å²) in [6, 6.07) is 5.37. The molecule has 0 aliphatic rings. The highest BCUT2D eigenvalue weighted by Gasteiger charge is 2.23. The van der Waals surface area contributed by atoms with Crippen LogP contribution in [-0.2, 0) is 16.0 Å². The molecule has 1 unspecified atom stereocenters. The van der Waals surface area contributed by atoms with Gasteiger partial charge in [-0.25, -0.2) is 9.59 Å². The SMILES string of the molecule is CCCCc1ccc(C=C(CC)C(=O)c2c(O)cc(C(C)CC/C=C/C(=O)OC)oc2=O)s1. The van der Waals surface area contributed by atoms with E-state index in [4.69, 9.17) is 4.42 Å². The van der Waals surface area contributed by atoms with Crippen molar-refractivity contribution >= 4 is 29.2 Å². The number of carbonyl (C=O) groups is 2. The van der Waals surface area contributed by atoms with Crippen molar-refractivity contribution in [3.8, 4) is 5.75 Å². The van der Waals surface area contributed by atoms with Crippen molar-refractivity contribution in [2.45, 2.75) is 65.2 Å². The number of hydrogen-bond acceptors (Lipinski definition) is 7. The monoisotopic (exact) mass is 472 g/mol. The number of ether oxygens (including phenoxy) is 1. The van der Waals surface area contributed by atoms with Crippen LogP contribution in [0.1, 0.15) is 84.7 Å². The molecule has 2 rings (SSSR count). The van der Waals surface area contributed by atoms with E-state index in [-0.39, 0.29) is 17.2 Å². The van der Waals surface area contributed by atoms with Gasteiger partial charge in [0.1, 0.15) is 17.1 Å². The lowest BCUT2D eigenvalue weighted by Crippen LogP contribution is -2.17. The van der Waals surface area contributed by atoms with E-state index in [9.17, 15) is 19.5 Å². The minimum Gasteiger partial charge on any atom is -0.507 e. The third-order valence-corrected chi connectivity index (χ3v) is 6.42. The lowest BCUT2D eigenvalue weighted by molar-refractivity contribution is -0.134. The van der Waals surface area contributed by atoms with Crippen molar-refractivity contribution in [2.24, 2.45) is 0 Å². The van der Waals surface area contributed by atoms with Gasteiger partial charge in [0, 0.05) is 33.4 Å². The average Bonchev–Trinajstić information content (AvgIpc) is 3.25. The average molecular weight is 473 g/mol. The van der Waals surface area contributed by atoms with Crippen molar-refractivity contribution in [3.63, 3.8) is 0 Å². The summed E-state index contributed by atoms with van der Waals surface area (Å²) in [4.78, 5) is 39.0. The van der Waals surface area contributed by atoms with Gasteiger partial charge in [0.05, 0.1) is 7.11 Å². The molecule has 0 bridgehead atoms. The van der Waals surface area contributed by atoms with Crippen LogP contribution < -0.4 is 5.63 Å². The van der Waals surface area contributed by atoms with E-state index >= 15 is 0 Å². The maximum Gasteiger partial charge on any atom is 0.351 e. The second-order valence-corrected chi connectivity index (χ2v) is 9.06. The summed E-state index contributed by atoms with van der Waals surface area (Å²) in [5.74, 6) is -1.23. The van der Waals surface area contributed by atoms with Crippen LogP contribution in [0.25, 0.3) is 6.08 Å². The Balaban J connectivity index is 2.19. The lowest BCUT2D eigenvalue weighted by atomic mass is 9.98. The van der Waals surface area contributed by atoms with Gasteiger partial charge in [-0.05, 0) is 50.3 Å². The van der Waals surface area contributed by atoms with Crippen LogP contribution in [0.2, 0.25) is 0 Å². The molecule has 0 aliphatic carbocycles. The maximum absolute atomic E-state index is 13.0. The molecule has 1 N–H and O–H groups in total. The Morgan fingerprint density at radius 3 is 2.67 bits per heavy atom. The predicted octanol–water partition coefficient (Wildman–Crippen LogP) is 6.04. The van der Waals surface area contributed by atoms with Gasteiger partial charge in [0.15, 0.2) is 5.78 Å². The van der Waals surface area contributed by atoms with Crippen molar-refractivity contribution in [3.05, 3.63) is 67.4 Å². The molecule has 2 heterocycles. The first-order chi connectivity index (χ1) is 15.8. The summed E-state index contributed by atoms with van der Waals surface area (Å²) in [6.07, 6.45) is 9.60. The Labute approximate surface area is 198 Å². The molecule has 7 heteroatoms. The van der Waals surface area contributed by atoms with Gasteiger partial charge in [-0.3, -0.25) is 4.79 Å². The smallest absolute Gasteiger partial charge is 0.351 e. The number of carbonyl (C=O) groups excluding carboxylic acids is 2. The molecule has 0 saturated heterocycles. The zero-order chi connectivity index (χ0) is 24.4. The van der Waals surface area contributed by atoms with Crippen LogP contribution in [0.15, 0.2) is 45.1 Å². The van der Waals surface area contributed by atoms with E-state index in [1.807, 2.05) is 19.9 Å². The van der Waals surface area contributed by atoms with Crippen molar-refractivity contribution < 1.29 is 23.8 Å². The molecule has 0 aliphatic heterocycles. The largest absolute Gasteiger partial charge is 0.507 e. The van der Waals surface area contributed by atoms with E-state index in [0.29, 0.717) is 30.6 Å². The number of Topliss-reactive ketones (excluding diaryl/α,β-unsaturated/α-hetero) is 1. The zero-order valence-corrected chi connectivity index (χ0v) is 20.5. The highest BCUT2D eigenvalue weighted by Crippen LogP contribution is 2.28. The molecular formula is C26H32O6S. The number of thiophene rings is 1. The maximum atomic E-state index is 13.0. The molecule has 2 aromatic heterocycles. The van der Waals surface area contributed by atoms with Crippen LogP contribution in [-0.4, -0.2) is 24.0 Å². The molecular weight excluding hydrogens is 440 g/mol. The Morgan fingerprint density at radius 2 is 2.03 bits per heavy atom. The number of aryl methyl sites for hydroxylation is 1. The van der Waals surface area contributed by atoms with Gasteiger partial charge in [-0.1, -0.05) is 33.3 Å². The van der Waals surface area contributed by atoms with Crippen molar-refractivity contribution in [1.82, 2.24) is 0 Å². The first kappa shape index (κ1) is 26.3. The van der Waals surface area contributed by atoms with Gasteiger partial charge < -0.3 is 14.3 Å². The number of aromatic hydroxyl groups is 1. The van der Waals surface area contributed by atoms with Crippen molar-refractivity contribution in [1.29, 1.82) is 0 Å². The van der Waals surface area contributed by atoms with Crippen LogP contribution in [0.3, 0.4) is 0 Å². The molecule has 0 fully saturated rings. The Hall–Kier alpha value is -2.93. The molecule has 33 heavy (non-hydrogen) atoms. The molecule has 2 aromatic rings. The summed E-state index contributed by atoms with van der Waals surface area (Å²) < 4.78 is 9.93. The third-order valence-electron chi connectivity index (χ3n) is 5.33. The highest BCUT2D eigenvalue weighted by molar-refractivity contribution is 7.12. The van der Waals surface area contributed by atoms with E-state index in [2.05, 4.69) is 17.7 Å². The fourth-order valence-corrected chi connectivity index (χ4v) is 4.33. The first-order valence-corrected chi connectivity index (χ1v) is 12.1. The minimum absolute atomic E-state index is 0.191. The first-order valence-electron chi connectivity index (χ1n) is 11.3. The highest BCUT2D eigenvalue weighted by atomic mass is 32.1. The Kier molecular flexibility index (Phi) is 10.3.